The summed E-state index contributed by atoms with van der Waals surface area (Å²) in [5.41, 5.74) is 3.06. The SMILES string of the molecule is C=CCO[C@H]1O[C@H](CO)[C@@H](OCc2ccccc2)[C@H](OCc2ccccc2)[C@@H]1OCc1ccccc1. The van der Waals surface area contributed by atoms with E-state index in [1.807, 2.05) is 91.0 Å². The summed E-state index contributed by atoms with van der Waals surface area (Å²) in [6.45, 7) is 4.83. The van der Waals surface area contributed by atoms with Gasteiger partial charge in [-0.25, -0.2) is 0 Å². The minimum atomic E-state index is -0.763. The number of aliphatic hydroxyl groups is 1. The lowest BCUT2D eigenvalue weighted by molar-refractivity contribution is -0.324. The first-order valence-corrected chi connectivity index (χ1v) is 12.2. The van der Waals surface area contributed by atoms with Crippen molar-refractivity contribution in [1.82, 2.24) is 0 Å². The minimum absolute atomic E-state index is 0.246. The number of rotatable bonds is 13. The summed E-state index contributed by atoms with van der Waals surface area (Å²) < 4.78 is 31.3. The van der Waals surface area contributed by atoms with Crippen molar-refractivity contribution in [2.24, 2.45) is 0 Å². The molecule has 0 aromatic heterocycles. The van der Waals surface area contributed by atoms with Crippen LogP contribution in [0.25, 0.3) is 0 Å². The molecular weight excluding hydrogens is 456 g/mol. The predicted molar refractivity (Wildman–Crippen MR) is 137 cm³/mol. The maximum atomic E-state index is 10.2. The molecule has 1 fully saturated rings. The van der Waals surface area contributed by atoms with E-state index in [9.17, 15) is 5.11 Å². The molecule has 190 valence electrons. The standard InChI is InChI=1S/C30H34O6/c1-2-18-32-30-29(35-22-25-16-10-5-11-17-25)28(34-21-24-14-8-4-9-15-24)27(26(19-31)36-30)33-20-23-12-6-3-7-13-23/h2-17,26-31H,1,18-22H2/t26-,27-,28+,29+,30+/m1/s1. The second-order valence-electron chi connectivity index (χ2n) is 8.63. The molecular formula is C30H34O6. The molecule has 1 saturated heterocycles. The van der Waals surface area contributed by atoms with Gasteiger partial charge in [-0.2, -0.15) is 0 Å². The van der Waals surface area contributed by atoms with Crippen LogP contribution in [0.5, 0.6) is 0 Å². The van der Waals surface area contributed by atoms with Crippen LogP contribution in [0.3, 0.4) is 0 Å². The number of hydrogen-bond donors (Lipinski definition) is 1. The van der Waals surface area contributed by atoms with Crippen molar-refractivity contribution in [1.29, 1.82) is 0 Å². The van der Waals surface area contributed by atoms with Crippen molar-refractivity contribution in [3.8, 4) is 0 Å². The molecule has 4 rings (SSSR count). The Hall–Kier alpha value is -2.84. The Morgan fingerprint density at radius 3 is 1.53 bits per heavy atom. The molecule has 1 N–H and O–H groups in total. The van der Waals surface area contributed by atoms with E-state index >= 15 is 0 Å². The van der Waals surface area contributed by atoms with Gasteiger partial charge < -0.3 is 28.8 Å². The van der Waals surface area contributed by atoms with Gasteiger partial charge in [0.25, 0.3) is 0 Å². The van der Waals surface area contributed by atoms with Crippen molar-refractivity contribution in [3.05, 3.63) is 120 Å². The topological polar surface area (TPSA) is 66.4 Å². The Morgan fingerprint density at radius 1 is 0.639 bits per heavy atom. The second-order valence-corrected chi connectivity index (χ2v) is 8.63. The van der Waals surface area contributed by atoms with Crippen LogP contribution in [0.2, 0.25) is 0 Å². The number of hydrogen-bond acceptors (Lipinski definition) is 6. The van der Waals surface area contributed by atoms with E-state index in [-0.39, 0.29) is 13.2 Å². The van der Waals surface area contributed by atoms with Gasteiger partial charge in [-0.15, -0.1) is 6.58 Å². The Labute approximate surface area is 213 Å². The number of benzene rings is 3. The zero-order valence-corrected chi connectivity index (χ0v) is 20.4. The van der Waals surface area contributed by atoms with E-state index in [4.69, 9.17) is 23.7 Å². The van der Waals surface area contributed by atoms with Crippen molar-refractivity contribution in [2.45, 2.75) is 50.5 Å². The van der Waals surface area contributed by atoms with Crippen molar-refractivity contribution in [3.63, 3.8) is 0 Å². The normalized spacial score (nSPS) is 23.9. The van der Waals surface area contributed by atoms with Crippen LogP contribution < -0.4 is 0 Å². The Morgan fingerprint density at radius 2 is 1.08 bits per heavy atom. The molecule has 6 nitrogen and oxygen atoms in total. The molecule has 1 aliphatic rings. The van der Waals surface area contributed by atoms with Crippen molar-refractivity contribution in [2.75, 3.05) is 13.2 Å². The number of ether oxygens (including phenoxy) is 5. The molecule has 0 amide bonds. The molecule has 0 aliphatic carbocycles. The molecule has 5 atom stereocenters. The Balaban J connectivity index is 1.59. The highest BCUT2D eigenvalue weighted by Gasteiger charge is 2.48. The summed E-state index contributed by atoms with van der Waals surface area (Å²) in [5.74, 6) is 0. The van der Waals surface area contributed by atoms with Crippen LogP contribution >= 0.6 is 0 Å². The lowest BCUT2D eigenvalue weighted by atomic mass is 9.98. The molecule has 36 heavy (non-hydrogen) atoms. The van der Waals surface area contributed by atoms with Gasteiger partial charge in [0.15, 0.2) is 6.29 Å². The molecule has 0 spiro atoms. The maximum absolute atomic E-state index is 10.2. The second kappa shape index (κ2) is 14.0. The fraction of sp³-hybridized carbons (Fsp3) is 0.333. The van der Waals surface area contributed by atoms with E-state index in [0.717, 1.165) is 16.7 Å². The summed E-state index contributed by atoms with van der Waals surface area (Å²) in [5, 5.41) is 10.2. The third-order valence-corrected chi connectivity index (χ3v) is 6.01. The lowest BCUT2D eigenvalue weighted by Crippen LogP contribution is -2.61. The zero-order chi connectivity index (χ0) is 25.0. The monoisotopic (exact) mass is 490 g/mol. The quantitative estimate of drug-likeness (QED) is 0.352. The van der Waals surface area contributed by atoms with Crippen LogP contribution in [-0.2, 0) is 43.5 Å². The molecule has 3 aromatic rings. The van der Waals surface area contributed by atoms with Gasteiger partial charge in [-0.05, 0) is 16.7 Å². The molecule has 0 radical (unpaired) electrons. The summed E-state index contributed by atoms with van der Waals surface area (Å²) in [6, 6.07) is 29.7. The van der Waals surface area contributed by atoms with E-state index in [1.165, 1.54) is 0 Å². The van der Waals surface area contributed by atoms with E-state index in [1.54, 1.807) is 6.08 Å². The molecule has 0 saturated carbocycles. The Kier molecular flexibility index (Phi) is 10.2. The van der Waals surface area contributed by atoms with Crippen molar-refractivity contribution < 1.29 is 28.8 Å². The molecule has 1 heterocycles. The molecule has 6 heteroatoms. The van der Waals surface area contributed by atoms with Crippen molar-refractivity contribution >= 4 is 0 Å². The van der Waals surface area contributed by atoms with Crippen LogP contribution in [0.4, 0.5) is 0 Å². The molecule has 3 aromatic carbocycles. The van der Waals surface area contributed by atoms with Gasteiger partial charge >= 0.3 is 0 Å². The van der Waals surface area contributed by atoms with Gasteiger partial charge in [0.1, 0.15) is 24.4 Å². The highest BCUT2D eigenvalue weighted by Crippen LogP contribution is 2.31. The fourth-order valence-corrected chi connectivity index (χ4v) is 4.19. The third kappa shape index (κ3) is 7.34. The van der Waals surface area contributed by atoms with E-state index < -0.39 is 30.7 Å². The minimum Gasteiger partial charge on any atom is -0.394 e. The summed E-state index contributed by atoms with van der Waals surface area (Å²) in [4.78, 5) is 0. The van der Waals surface area contributed by atoms with Gasteiger partial charge in [-0.1, -0.05) is 97.1 Å². The highest BCUT2D eigenvalue weighted by molar-refractivity contribution is 5.15. The van der Waals surface area contributed by atoms with Gasteiger partial charge in [0.05, 0.1) is 33.0 Å². The average molecular weight is 491 g/mol. The average Bonchev–Trinajstić information content (AvgIpc) is 2.94. The van der Waals surface area contributed by atoms with Crippen LogP contribution in [0.15, 0.2) is 104 Å². The third-order valence-electron chi connectivity index (χ3n) is 6.01. The van der Waals surface area contributed by atoms with E-state index in [0.29, 0.717) is 19.8 Å². The summed E-state index contributed by atoms with van der Waals surface area (Å²) in [7, 11) is 0. The number of aliphatic hydroxyl groups excluding tert-OH is 1. The summed E-state index contributed by atoms with van der Waals surface area (Å²) >= 11 is 0. The first-order valence-electron chi connectivity index (χ1n) is 12.2. The lowest BCUT2D eigenvalue weighted by Gasteiger charge is -2.45. The smallest absolute Gasteiger partial charge is 0.187 e. The van der Waals surface area contributed by atoms with E-state index in [2.05, 4.69) is 6.58 Å². The van der Waals surface area contributed by atoms with Crippen LogP contribution in [-0.4, -0.2) is 49.0 Å². The first-order chi connectivity index (χ1) is 17.8. The summed E-state index contributed by atoms with van der Waals surface area (Å²) in [6.07, 6.45) is -1.50. The van der Waals surface area contributed by atoms with Crippen LogP contribution in [0.1, 0.15) is 16.7 Å². The first kappa shape index (κ1) is 26.2. The fourth-order valence-electron chi connectivity index (χ4n) is 4.19. The molecule has 1 aliphatic heterocycles. The van der Waals surface area contributed by atoms with Crippen LogP contribution in [0, 0.1) is 0 Å². The van der Waals surface area contributed by atoms with Gasteiger partial charge in [-0.3, -0.25) is 0 Å². The highest BCUT2D eigenvalue weighted by atomic mass is 16.7. The molecule has 0 unspecified atom stereocenters. The zero-order valence-electron chi connectivity index (χ0n) is 20.4. The van der Waals surface area contributed by atoms with Gasteiger partial charge in [0, 0.05) is 0 Å². The van der Waals surface area contributed by atoms with Gasteiger partial charge in [0.2, 0.25) is 0 Å². The molecule has 0 bridgehead atoms. The largest absolute Gasteiger partial charge is 0.394 e. The maximum Gasteiger partial charge on any atom is 0.187 e. The Bertz CT molecular complexity index is 1010. The predicted octanol–water partition coefficient (Wildman–Crippen LogP) is 4.66.